The summed E-state index contributed by atoms with van der Waals surface area (Å²) >= 11 is 4.67. The first-order chi connectivity index (χ1) is 5.70. The molecule has 0 saturated carbocycles. The van der Waals surface area contributed by atoms with E-state index in [1.807, 2.05) is 6.07 Å². The van der Waals surface area contributed by atoms with Gasteiger partial charge in [-0.1, -0.05) is 0 Å². The van der Waals surface area contributed by atoms with Crippen molar-refractivity contribution in [3.63, 3.8) is 0 Å². The molecule has 0 aliphatic carbocycles. The Labute approximate surface area is 97.8 Å². The van der Waals surface area contributed by atoms with Crippen LogP contribution >= 0.6 is 45.2 Å². The molecule has 0 atom stereocenters. The zero-order valence-electron chi connectivity index (χ0n) is 6.40. The summed E-state index contributed by atoms with van der Waals surface area (Å²) in [5, 5.41) is 1.19. The largest absolute Gasteiger partial charge is 0.463 e. The molecule has 3 heteroatoms. The molecule has 0 N–H and O–H groups in total. The van der Waals surface area contributed by atoms with Gasteiger partial charge in [0, 0.05) is 8.96 Å². The summed E-state index contributed by atoms with van der Waals surface area (Å²) < 4.78 is 7.88. The van der Waals surface area contributed by atoms with Crippen LogP contribution in [0.1, 0.15) is 5.56 Å². The predicted molar refractivity (Wildman–Crippen MR) is 66.4 cm³/mol. The lowest BCUT2D eigenvalue weighted by molar-refractivity contribution is 0.613. The molecule has 2 rings (SSSR count). The second-order valence-corrected chi connectivity index (χ2v) is 4.82. The standard InChI is InChI=1S/C9H6I2O/c1-5-4-6-2-3-12-9(6)8(11)7(5)10/h2-4H,1H3. The zero-order chi connectivity index (χ0) is 8.72. The van der Waals surface area contributed by atoms with Gasteiger partial charge in [0.15, 0.2) is 0 Å². The summed E-state index contributed by atoms with van der Waals surface area (Å²) in [6, 6.07) is 4.16. The SMILES string of the molecule is Cc1cc2ccoc2c(I)c1I. The molecule has 62 valence electrons. The summed E-state index contributed by atoms with van der Waals surface area (Å²) in [4.78, 5) is 0. The average Bonchev–Trinajstić information content (AvgIpc) is 2.48. The van der Waals surface area contributed by atoms with Gasteiger partial charge in [0.2, 0.25) is 0 Å². The lowest BCUT2D eigenvalue weighted by Crippen LogP contribution is -1.85. The van der Waals surface area contributed by atoms with E-state index in [2.05, 4.69) is 58.2 Å². The van der Waals surface area contributed by atoms with Crippen LogP contribution in [0.15, 0.2) is 22.8 Å². The topological polar surface area (TPSA) is 13.1 Å². The Balaban J connectivity index is 2.94. The first-order valence-corrected chi connectivity index (χ1v) is 5.67. The molecule has 1 nitrogen and oxygen atoms in total. The number of hydrogen-bond acceptors (Lipinski definition) is 1. The molecule has 0 aliphatic heterocycles. The van der Waals surface area contributed by atoms with E-state index in [4.69, 9.17) is 4.42 Å². The quantitative estimate of drug-likeness (QED) is 0.628. The van der Waals surface area contributed by atoms with E-state index in [9.17, 15) is 0 Å². The summed E-state index contributed by atoms with van der Waals surface area (Å²) in [7, 11) is 0. The first-order valence-electron chi connectivity index (χ1n) is 3.52. The van der Waals surface area contributed by atoms with E-state index >= 15 is 0 Å². The molecular weight excluding hydrogens is 378 g/mol. The molecule has 0 amide bonds. The van der Waals surface area contributed by atoms with Crippen molar-refractivity contribution < 1.29 is 4.42 Å². The van der Waals surface area contributed by atoms with Crippen molar-refractivity contribution in [3.05, 3.63) is 31.1 Å². The van der Waals surface area contributed by atoms with Crippen molar-refractivity contribution in [1.82, 2.24) is 0 Å². The fourth-order valence-electron chi connectivity index (χ4n) is 1.18. The third-order valence-corrected chi connectivity index (χ3v) is 5.26. The molecule has 0 fully saturated rings. The van der Waals surface area contributed by atoms with Gasteiger partial charge in [0.05, 0.1) is 9.83 Å². The second kappa shape index (κ2) is 3.17. The minimum atomic E-state index is 1.01. The van der Waals surface area contributed by atoms with E-state index < -0.39 is 0 Å². The van der Waals surface area contributed by atoms with Crippen LogP contribution in [0.4, 0.5) is 0 Å². The van der Waals surface area contributed by atoms with Crippen LogP contribution in [-0.2, 0) is 0 Å². The van der Waals surface area contributed by atoms with Crippen LogP contribution in [0.5, 0.6) is 0 Å². The highest BCUT2D eigenvalue weighted by molar-refractivity contribution is 14.1. The van der Waals surface area contributed by atoms with Crippen molar-refractivity contribution >= 4 is 56.2 Å². The molecule has 0 spiro atoms. The number of hydrogen-bond donors (Lipinski definition) is 0. The highest BCUT2D eigenvalue weighted by Gasteiger charge is 2.08. The fourth-order valence-corrected chi connectivity index (χ4v) is 2.45. The maximum Gasteiger partial charge on any atom is 0.148 e. The second-order valence-electron chi connectivity index (χ2n) is 2.66. The van der Waals surface area contributed by atoms with Gasteiger partial charge >= 0.3 is 0 Å². The summed E-state index contributed by atoms with van der Waals surface area (Å²) in [5.41, 5.74) is 2.32. The minimum absolute atomic E-state index is 1.01. The molecular formula is C9H6I2O. The Morgan fingerprint density at radius 1 is 1.25 bits per heavy atom. The highest BCUT2D eigenvalue weighted by Crippen LogP contribution is 2.28. The third kappa shape index (κ3) is 1.26. The molecule has 1 aromatic carbocycles. The maximum absolute atomic E-state index is 5.37. The van der Waals surface area contributed by atoms with Crippen molar-refractivity contribution in [2.75, 3.05) is 0 Å². The normalized spacial score (nSPS) is 10.9. The van der Waals surface area contributed by atoms with E-state index in [-0.39, 0.29) is 0 Å². The Morgan fingerprint density at radius 2 is 2.00 bits per heavy atom. The molecule has 1 aromatic heterocycles. The smallest absolute Gasteiger partial charge is 0.148 e. The van der Waals surface area contributed by atoms with E-state index in [1.165, 1.54) is 18.1 Å². The molecule has 0 unspecified atom stereocenters. The summed E-state index contributed by atoms with van der Waals surface area (Å²) in [6.07, 6.45) is 1.74. The summed E-state index contributed by atoms with van der Waals surface area (Å²) in [6.45, 7) is 2.12. The number of fused-ring (bicyclic) bond motifs is 1. The van der Waals surface area contributed by atoms with Gasteiger partial charge in [-0.15, -0.1) is 0 Å². The Bertz CT molecular complexity index is 431. The molecule has 0 bridgehead atoms. The zero-order valence-corrected chi connectivity index (χ0v) is 10.7. The Kier molecular flexibility index (Phi) is 2.33. The van der Waals surface area contributed by atoms with Crippen LogP contribution in [0, 0.1) is 14.1 Å². The molecule has 0 aliphatic rings. The molecule has 0 saturated heterocycles. The molecule has 1 heterocycles. The number of benzene rings is 1. The van der Waals surface area contributed by atoms with Crippen LogP contribution in [0.3, 0.4) is 0 Å². The third-order valence-electron chi connectivity index (χ3n) is 1.81. The van der Waals surface area contributed by atoms with Gasteiger partial charge in [-0.2, -0.15) is 0 Å². The van der Waals surface area contributed by atoms with Crippen LogP contribution < -0.4 is 0 Å². The van der Waals surface area contributed by atoms with Crippen LogP contribution in [-0.4, -0.2) is 0 Å². The lowest BCUT2D eigenvalue weighted by atomic mass is 10.2. The van der Waals surface area contributed by atoms with Gasteiger partial charge in [-0.3, -0.25) is 0 Å². The van der Waals surface area contributed by atoms with Crippen LogP contribution in [0.25, 0.3) is 11.0 Å². The van der Waals surface area contributed by atoms with Crippen LogP contribution in [0.2, 0.25) is 0 Å². The van der Waals surface area contributed by atoms with Gasteiger partial charge in [0.25, 0.3) is 0 Å². The maximum atomic E-state index is 5.37. The number of furan rings is 1. The van der Waals surface area contributed by atoms with Gasteiger partial charge < -0.3 is 4.42 Å². The number of halogens is 2. The Morgan fingerprint density at radius 3 is 2.75 bits per heavy atom. The van der Waals surface area contributed by atoms with E-state index in [0.717, 1.165) is 5.58 Å². The van der Waals surface area contributed by atoms with Crippen molar-refractivity contribution in [3.8, 4) is 0 Å². The fraction of sp³-hybridized carbons (Fsp3) is 0.111. The number of aryl methyl sites for hydroxylation is 1. The van der Waals surface area contributed by atoms with Crippen molar-refractivity contribution in [2.45, 2.75) is 6.92 Å². The van der Waals surface area contributed by atoms with E-state index in [1.54, 1.807) is 6.26 Å². The van der Waals surface area contributed by atoms with Crippen molar-refractivity contribution in [1.29, 1.82) is 0 Å². The van der Waals surface area contributed by atoms with Gasteiger partial charge in [0.1, 0.15) is 5.58 Å². The first kappa shape index (κ1) is 8.80. The van der Waals surface area contributed by atoms with Crippen molar-refractivity contribution in [2.24, 2.45) is 0 Å². The average molecular weight is 384 g/mol. The Hall–Kier alpha value is 0.220. The lowest BCUT2D eigenvalue weighted by Gasteiger charge is -2.00. The molecule has 2 aromatic rings. The number of rotatable bonds is 0. The monoisotopic (exact) mass is 384 g/mol. The van der Waals surface area contributed by atoms with Gasteiger partial charge in [-0.05, 0) is 69.8 Å². The molecule has 12 heavy (non-hydrogen) atoms. The molecule has 0 radical (unpaired) electrons. The predicted octanol–water partition coefficient (Wildman–Crippen LogP) is 3.95. The summed E-state index contributed by atoms with van der Waals surface area (Å²) in [5.74, 6) is 0. The van der Waals surface area contributed by atoms with Gasteiger partial charge in [-0.25, -0.2) is 0 Å². The minimum Gasteiger partial charge on any atom is -0.463 e. The highest BCUT2D eigenvalue weighted by atomic mass is 127. The van der Waals surface area contributed by atoms with E-state index in [0.29, 0.717) is 0 Å².